The third-order valence-electron chi connectivity index (χ3n) is 5.11. The Morgan fingerprint density at radius 3 is 2.21 bits per heavy atom. The van der Waals surface area contributed by atoms with Crippen LogP contribution in [0.2, 0.25) is 0 Å². The second-order valence-corrected chi connectivity index (χ2v) is 8.72. The first-order valence-electron chi connectivity index (χ1n) is 11.8. The summed E-state index contributed by atoms with van der Waals surface area (Å²) in [6, 6.07) is 5.30. The Morgan fingerprint density at radius 2 is 1.71 bits per heavy atom. The van der Waals surface area contributed by atoms with Crippen molar-refractivity contribution in [2.75, 3.05) is 43.6 Å². The second-order valence-electron chi connectivity index (χ2n) is 7.86. The molecular weight excluding hydrogens is 624 g/mol. The zero-order valence-electron chi connectivity index (χ0n) is 22.5. The molecule has 16 nitrogen and oxygen atoms in total. The minimum absolute atomic E-state index is 0.0626. The lowest BCUT2D eigenvalue weighted by molar-refractivity contribution is -0.384. The number of nitro groups is 1. The molecule has 0 unspecified atom stereocenters. The van der Waals surface area contributed by atoms with Crippen molar-refractivity contribution in [1.29, 1.82) is 0 Å². The van der Waals surface area contributed by atoms with Crippen molar-refractivity contribution in [2.24, 2.45) is 16.1 Å². The van der Waals surface area contributed by atoms with Gasteiger partial charge in [0.1, 0.15) is 24.7 Å². The number of rotatable bonds is 16. The number of hydrogen-bond donors (Lipinski definition) is 2. The van der Waals surface area contributed by atoms with E-state index in [4.69, 9.17) is 20.1 Å². The maximum absolute atomic E-state index is 12.0. The molecule has 0 fully saturated rings. The summed E-state index contributed by atoms with van der Waals surface area (Å²) in [5.41, 5.74) is -0.0165. The van der Waals surface area contributed by atoms with Gasteiger partial charge in [-0.1, -0.05) is 18.1 Å². The van der Waals surface area contributed by atoms with E-state index in [-0.39, 0.29) is 59.3 Å². The molecule has 0 atom stereocenters. The highest BCUT2D eigenvalue weighted by molar-refractivity contribution is 9.10. The first-order chi connectivity index (χ1) is 20.0. The predicted octanol–water partition coefficient (Wildman–Crippen LogP) is 4.19. The van der Waals surface area contributed by atoms with Gasteiger partial charge in [-0.15, -0.1) is 10.2 Å². The first-order valence-corrected chi connectivity index (χ1v) is 12.6. The van der Waals surface area contributed by atoms with Gasteiger partial charge in [-0.2, -0.15) is 5.90 Å². The summed E-state index contributed by atoms with van der Waals surface area (Å²) in [5.74, 6) is 3.31. The summed E-state index contributed by atoms with van der Waals surface area (Å²) in [4.78, 5) is 56.5. The van der Waals surface area contributed by atoms with Crippen LogP contribution in [-0.2, 0) is 28.8 Å². The normalized spacial score (nSPS) is 10.5. The molecule has 0 aliphatic rings. The molecule has 2 rings (SSSR count). The third kappa shape index (κ3) is 9.65. The number of esters is 2. The summed E-state index contributed by atoms with van der Waals surface area (Å²) in [6.45, 7) is 8.10. The van der Waals surface area contributed by atoms with Crippen LogP contribution in [0.25, 0.3) is 0 Å². The van der Waals surface area contributed by atoms with Crippen molar-refractivity contribution in [3.05, 3.63) is 64.2 Å². The van der Waals surface area contributed by atoms with Gasteiger partial charge in [-0.05, 0) is 22.0 Å². The maximum Gasteiger partial charge on any atom is 0.330 e. The van der Waals surface area contributed by atoms with Gasteiger partial charge < -0.3 is 29.3 Å². The Balaban J connectivity index is 2.58. The van der Waals surface area contributed by atoms with Crippen LogP contribution in [0.4, 0.5) is 28.4 Å². The third-order valence-corrected chi connectivity index (χ3v) is 5.71. The molecule has 0 bridgehead atoms. The number of nitrogens with two attached hydrogens (primary N) is 1. The van der Waals surface area contributed by atoms with Crippen molar-refractivity contribution in [1.82, 2.24) is 0 Å². The topological polar surface area (TPSA) is 207 Å². The van der Waals surface area contributed by atoms with Crippen LogP contribution in [0.5, 0.6) is 11.5 Å². The van der Waals surface area contributed by atoms with Gasteiger partial charge in [-0.25, -0.2) is 9.59 Å². The van der Waals surface area contributed by atoms with Crippen molar-refractivity contribution >= 4 is 62.2 Å². The van der Waals surface area contributed by atoms with Gasteiger partial charge in [-0.3, -0.25) is 14.9 Å². The average Bonchev–Trinajstić information content (AvgIpc) is 2.95. The van der Waals surface area contributed by atoms with Crippen LogP contribution in [0.1, 0.15) is 6.92 Å². The molecule has 0 heterocycles. The highest BCUT2D eigenvalue weighted by Gasteiger charge is 2.22. The molecule has 2 aromatic carbocycles. The number of ether oxygens (including phenoxy) is 3. The summed E-state index contributed by atoms with van der Waals surface area (Å²) >= 11 is 3.19. The van der Waals surface area contributed by atoms with Crippen LogP contribution >= 0.6 is 15.9 Å². The van der Waals surface area contributed by atoms with E-state index >= 15 is 0 Å². The lowest BCUT2D eigenvalue weighted by Gasteiger charge is -2.27. The Kier molecular flexibility index (Phi) is 13.0. The first kappa shape index (κ1) is 33.3. The van der Waals surface area contributed by atoms with Crippen LogP contribution in [-0.4, -0.2) is 56.2 Å². The Labute approximate surface area is 247 Å². The predicted molar refractivity (Wildman–Crippen MR) is 153 cm³/mol. The molecule has 0 aliphatic heterocycles. The number of anilines is 2. The van der Waals surface area contributed by atoms with Crippen molar-refractivity contribution < 1.29 is 43.4 Å². The number of carbonyl (C=O) groups excluding carboxylic acids is 3. The Hall–Kier alpha value is -4.87. The van der Waals surface area contributed by atoms with Gasteiger partial charge in [0.15, 0.2) is 11.4 Å². The second kappa shape index (κ2) is 16.4. The summed E-state index contributed by atoms with van der Waals surface area (Å²) in [5, 5.41) is 22.5. The number of nitrogens with one attached hydrogen (secondary N) is 1. The number of halogens is 1. The Morgan fingerprint density at radius 1 is 1.10 bits per heavy atom. The van der Waals surface area contributed by atoms with Crippen molar-refractivity contribution in [2.45, 2.75) is 6.92 Å². The average molecular weight is 651 g/mol. The number of nitrogens with zero attached hydrogens (tertiary/aromatic N) is 4. The minimum atomic E-state index is -0.711. The van der Waals surface area contributed by atoms with Gasteiger partial charge in [0.05, 0.1) is 47.0 Å². The molecule has 224 valence electrons. The van der Waals surface area contributed by atoms with E-state index in [9.17, 15) is 24.5 Å². The number of methoxy groups -OCH3 is 1. The van der Waals surface area contributed by atoms with E-state index in [2.05, 4.69) is 54.5 Å². The van der Waals surface area contributed by atoms with Gasteiger partial charge >= 0.3 is 17.6 Å². The number of carbonyl (C=O) groups is 3. The zero-order valence-corrected chi connectivity index (χ0v) is 24.1. The zero-order chi connectivity index (χ0) is 31.2. The Bertz CT molecular complexity index is 1360. The van der Waals surface area contributed by atoms with E-state index in [1.807, 2.05) is 0 Å². The molecule has 42 heavy (non-hydrogen) atoms. The molecule has 0 saturated heterocycles. The van der Waals surface area contributed by atoms with Crippen LogP contribution in [0.3, 0.4) is 0 Å². The van der Waals surface area contributed by atoms with E-state index in [1.54, 1.807) is 4.90 Å². The highest BCUT2D eigenvalue weighted by Crippen LogP contribution is 2.43. The minimum Gasteiger partial charge on any atom is -0.494 e. The number of benzene rings is 2. The van der Waals surface area contributed by atoms with Crippen molar-refractivity contribution in [3.63, 3.8) is 0 Å². The number of hydrogen-bond acceptors (Lipinski definition) is 14. The highest BCUT2D eigenvalue weighted by atomic mass is 79.9. The summed E-state index contributed by atoms with van der Waals surface area (Å²) < 4.78 is 15.8. The van der Waals surface area contributed by atoms with Crippen LogP contribution in [0.15, 0.2) is 64.3 Å². The smallest absolute Gasteiger partial charge is 0.330 e. The van der Waals surface area contributed by atoms with Gasteiger partial charge in [0.25, 0.3) is 0 Å². The lowest BCUT2D eigenvalue weighted by atomic mass is 10.2. The molecule has 3 N–H and O–H groups in total. The molecule has 17 heteroatoms. The van der Waals surface area contributed by atoms with Crippen LogP contribution < -0.4 is 25.7 Å². The van der Waals surface area contributed by atoms with Gasteiger partial charge in [0, 0.05) is 31.2 Å². The van der Waals surface area contributed by atoms with Crippen LogP contribution in [0, 0.1) is 10.1 Å². The van der Waals surface area contributed by atoms with Gasteiger partial charge in [0.2, 0.25) is 5.91 Å². The molecule has 0 radical (unpaired) electrons. The number of azo groups is 1. The molecule has 0 spiro atoms. The maximum atomic E-state index is 12.0. The SMILES string of the molecule is C=CC(=O)OCCN(CCOC(=O)C=C)c1cc(NC(C)=O)c(N=Nc2c(Br)cc(OON)cc2[N+](=O)[O-])cc1OC. The molecule has 0 saturated carbocycles. The largest absolute Gasteiger partial charge is 0.494 e. The number of amides is 1. The van der Waals surface area contributed by atoms with E-state index in [0.717, 1.165) is 18.2 Å². The monoisotopic (exact) mass is 650 g/mol. The fraction of sp³-hybridized carbons (Fsp3) is 0.240. The summed E-state index contributed by atoms with van der Waals surface area (Å²) in [7, 11) is 1.38. The molecule has 0 aliphatic carbocycles. The van der Waals surface area contributed by atoms with E-state index in [1.165, 1.54) is 32.2 Å². The number of nitro benzene ring substituents is 1. The van der Waals surface area contributed by atoms with E-state index in [0.29, 0.717) is 5.69 Å². The van der Waals surface area contributed by atoms with E-state index < -0.39 is 28.5 Å². The fourth-order valence-electron chi connectivity index (χ4n) is 3.33. The molecular formula is C25H27BrN6O10. The summed E-state index contributed by atoms with van der Waals surface area (Å²) in [6.07, 6.45) is 2.03. The lowest BCUT2D eigenvalue weighted by Crippen LogP contribution is -2.32. The molecule has 1 amide bonds. The quantitative estimate of drug-likeness (QED) is 0.0654. The van der Waals surface area contributed by atoms with Crippen molar-refractivity contribution in [3.8, 4) is 11.5 Å². The fourth-order valence-corrected chi connectivity index (χ4v) is 3.84. The molecule has 2 aromatic rings. The standard InChI is InChI=1S/C25H27BrN6O10/c1-5-23(34)39-9-7-31(8-10-40-24(35)6-2)20-13-18(28-15(3)33)19(14-22(20)38-4)29-30-25-17(26)11-16(41-42-27)12-21(25)32(36)37/h5-6,11-14H,1-2,7-10,27H2,3-4H3,(H,28,33). The molecule has 0 aromatic heterocycles.